The summed E-state index contributed by atoms with van der Waals surface area (Å²) >= 11 is 0. The normalized spacial score (nSPS) is 22.5. The van der Waals surface area contributed by atoms with Crippen LogP contribution in [0.1, 0.15) is 49.8 Å². The van der Waals surface area contributed by atoms with Crippen molar-refractivity contribution in [1.82, 2.24) is 4.90 Å². The Hall–Kier alpha value is -1.55. The number of benzene rings is 1. The van der Waals surface area contributed by atoms with Gasteiger partial charge in [0, 0.05) is 12.5 Å². The third-order valence-corrected chi connectivity index (χ3v) is 4.19. The summed E-state index contributed by atoms with van der Waals surface area (Å²) in [6.07, 6.45) is -0.142. The molecule has 1 fully saturated rings. The predicted octanol–water partition coefficient (Wildman–Crippen LogP) is 3.39. The minimum atomic E-state index is -0.552. The molecule has 0 saturated carbocycles. The van der Waals surface area contributed by atoms with Crippen molar-refractivity contribution in [2.75, 3.05) is 13.1 Å². The Morgan fingerprint density at radius 3 is 2.50 bits per heavy atom. The van der Waals surface area contributed by atoms with E-state index < -0.39 is 11.7 Å². The number of hydrogen-bond donors (Lipinski definition) is 1. The van der Waals surface area contributed by atoms with Crippen LogP contribution in [0, 0.1) is 13.8 Å². The number of likely N-dealkylation sites (tertiary alicyclic amines) is 1. The number of aliphatic hydroxyl groups is 1. The van der Waals surface area contributed by atoms with Gasteiger partial charge in [-0.05, 0) is 57.7 Å². The third-order valence-electron chi connectivity index (χ3n) is 4.19. The molecule has 0 spiro atoms. The van der Waals surface area contributed by atoms with Crippen LogP contribution in [0.3, 0.4) is 0 Å². The molecule has 0 bridgehead atoms. The lowest BCUT2D eigenvalue weighted by atomic mass is 9.86. The quantitative estimate of drug-likeness (QED) is 0.865. The van der Waals surface area contributed by atoms with Crippen molar-refractivity contribution in [1.29, 1.82) is 0 Å². The van der Waals surface area contributed by atoms with E-state index in [1.165, 1.54) is 11.1 Å². The fourth-order valence-corrected chi connectivity index (χ4v) is 2.81. The summed E-state index contributed by atoms with van der Waals surface area (Å²) in [5, 5.41) is 10.5. The van der Waals surface area contributed by atoms with Gasteiger partial charge in [0.25, 0.3) is 0 Å². The summed E-state index contributed by atoms with van der Waals surface area (Å²) in [5.41, 5.74) is 3.13. The SMILES string of the molecule is Cc1ccc([C@@H]2CCN(C(=O)OC(C)(C)C)C[C@@H]2O)cc1C. The van der Waals surface area contributed by atoms with Gasteiger partial charge in [-0.25, -0.2) is 4.79 Å². The van der Waals surface area contributed by atoms with E-state index in [1.54, 1.807) is 4.90 Å². The lowest BCUT2D eigenvalue weighted by Gasteiger charge is -2.37. The Labute approximate surface area is 133 Å². The number of aliphatic hydroxyl groups excluding tert-OH is 1. The van der Waals surface area contributed by atoms with Crippen LogP contribution in [-0.2, 0) is 4.74 Å². The first-order valence-electron chi connectivity index (χ1n) is 7.90. The maximum Gasteiger partial charge on any atom is 0.410 e. The lowest BCUT2D eigenvalue weighted by Crippen LogP contribution is -2.47. The highest BCUT2D eigenvalue weighted by molar-refractivity contribution is 5.68. The van der Waals surface area contributed by atoms with Crippen LogP contribution < -0.4 is 0 Å². The zero-order chi connectivity index (χ0) is 16.5. The molecule has 0 aliphatic carbocycles. The highest BCUT2D eigenvalue weighted by Crippen LogP contribution is 2.30. The zero-order valence-corrected chi connectivity index (χ0v) is 14.2. The molecule has 0 radical (unpaired) electrons. The van der Waals surface area contributed by atoms with Crippen LogP contribution in [0.15, 0.2) is 18.2 Å². The molecule has 4 heteroatoms. The second kappa shape index (κ2) is 6.29. The van der Waals surface area contributed by atoms with E-state index in [-0.39, 0.29) is 12.0 Å². The van der Waals surface area contributed by atoms with Crippen LogP contribution in [0.2, 0.25) is 0 Å². The van der Waals surface area contributed by atoms with Crippen molar-refractivity contribution in [2.45, 2.75) is 58.7 Å². The van der Waals surface area contributed by atoms with Crippen molar-refractivity contribution in [2.24, 2.45) is 0 Å². The maximum atomic E-state index is 12.1. The molecule has 2 rings (SSSR count). The van der Waals surface area contributed by atoms with E-state index in [0.717, 1.165) is 12.0 Å². The number of nitrogens with zero attached hydrogens (tertiary/aromatic N) is 1. The van der Waals surface area contributed by atoms with Gasteiger partial charge < -0.3 is 14.7 Å². The van der Waals surface area contributed by atoms with E-state index in [0.29, 0.717) is 13.1 Å². The van der Waals surface area contributed by atoms with Crippen LogP contribution in [0.5, 0.6) is 0 Å². The van der Waals surface area contributed by atoms with Crippen molar-refractivity contribution >= 4 is 6.09 Å². The first kappa shape index (κ1) is 16.8. The van der Waals surface area contributed by atoms with Crippen molar-refractivity contribution < 1.29 is 14.6 Å². The van der Waals surface area contributed by atoms with Gasteiger partial charge in [-0.1, -0.05) is 18.2 Å². The molecule has 122 valence electrons. The summed E-state index contributed by atoms with van der Waals surface area (Å²) in [5.74, 6) is 0.0815. The highest BCUT2D eigenvalue weighted by atomic mass is 16.6. The molecule has 2 atom stereocenters. The minimum absolute atomic E-state index is 0.0815. The number of rotatable bonds is 1. The Kier molecular flexibility index (Phi) is 4.81. The third kappa shape index (κ3) is 4.01. The average molecular weight is 305 g/mol. The first-order valence-corrected chi connectivity index (χ1v) is 7.90. The van der Waals surface area contributed by atoms with E-state index in [2.05, 4.69) is 32.0 Å². The van der Waals surface area contributed by atoms with Gasteiger partial charge in [-0.15, -0.1) is 0 Å². The zero-order valence-electron chi connectivity index (χ0n) is 14.2. The molecule has 1 saturated heterocycles. The number of amides is 1. The van der Waals surface area contributed by atoms with Gasteiger partial charge in [0.05, 0.1) is 12.6 Å². The number of carbonyl (C=O) groups excluding carboxylic acids is 1. The monoisotopic (exact) mass is 305 g/mol. The second-order valence-electron chi connectivity index (χ2n) is 7.23. The molecule has 1 aromatic carbocycles. The molecule has 0 unspecified atom stereocenters. The predicted molar refractivity (Wildman–Crippen MR) is 87.1 cm³/mol. The molecule has 1 aliphatic rings. The van der Waals surface area contributed by atoms with Crippen LogP contribution >= 0.6 is 0 Å². The van der Waals surface area contributed by atoms with E-state index in [9.17, 15) is 9.90 Å². The second-order valence-corrected chi connectivity index (χ2v) is 7.23. The largest absolute Gasteiger partial charge is 0.444 e. The smallest absolute Gasteiger partial charge is 0.410 e. The summed E-state index contributed by atoms with van der Waals surface area (Å²) in [6, 6.07) is 6.32. The van der Waals surface area contributed by atoms with Crippen LogP contribution in [0.4, 0.5) is 4.79 Å². The van der Waals surface area contributed by atoms with Gasteiger partial charge in [-0.2, -0.15) is 0 Å². The van der Waals surface area contributed by atoms with E-state index in [1.807, 2.05) is 20.8 Å². The van der Waals surface area contributed by atoms with Gasteiger partial charge >= 0.3 is 6.09 Å². The molecule has 1 N–H and O–H groups in total. The highest BCUT2D eigenvalue weighted by Gasteiger charge is 2.33. The minimum Gasteiger partial charge on any atom is -0.444 e. The summed E-state index contributed by atoms with van der Waals surface area (Å²) in [7, 11) is 0. The Bertz CT molecular complexity index is 548. The number of carbonyl (C=O) groups is 1. The van der Waals surface area contributed by atoms with E-state index in [4.69, 9.17) is 4.74 Å². The Balaban J connectivity index is 2.03. The lowest BCUT2D eigenvalue weighted by molar-refractivity contribution is -0.00152. The number of hydrogen-bond acceptors (Lipinski definition) is 3. The maximum absolute atomic E-state index is 12.1. The van der Waals surface area contributed by atoms with Crippen molar-refractivity contribution in [3.05, 3.63) is 34.9 Å². The summed E-state index contributed by atoms with van der Waals surface area (Å²) < 4.78 is 5.38. The van der Waals surface area contributed by atoms with Gasteiger partial charge in [-0.3, -0.25) is 0 Å². The van der Waals surface area contributed by atoms with Crippen molar-refractivity contribution in [3.8, 4) is 0 Å². The molecule has 22 heavy (non-hydrogen) atoms. The van der Waals surface area contributed by atoms with Gasteiger partial charge in [0.15, 0.2) is 0 Å². The molecule has 1 heterocycles. The van der Waals surface area contributed by atoms with Gasteiger partial charge in [0.1, 0.15) is 5.60 Å². The summed E-state index contributed by atoms with van der Waals surface area (Å²) in [4.78, 5) is 13.7. The molecular weight excluding hydrogens is 278 g/mol. The number of ether oxygens (including phenoxy) is 1. The average Bonchev–Trinajstić information content (AvgIpc) is 2.40. The number of β-amino-alcohol motifs (C(OH)–C–C–N with tert-alkyl or cyclic N) is 1. The fourth-order valence-electron chi connectivity index (χ4n) is 2.81. The topological polar surface area (TPSA) is 49.8 Å². The molecule has 0 aromatic heterocycles. The van der Waals surface area contributed by atoms with E-state index >= 15 is 0 Å². The molecule has 1 amide bonds. The molecule has 1 aromatic rings. The molecule has 1 aliphatic heterocycles. The molecular formula is C18H27NO3. The van der Waals surface area contributed by atoms with Crippen LogP contribution in [-0.4, -0.2) is 40.9 Å². The summed E-state index contributed by atoms with van der Waals surface area (Å²) in [6.45, 7) is 10.7. The first-order chi connectivity index (χ1) is 10.2. The van der Waals surface area contributed by atoms with Gasteiger partial charge in [0.2, 0.25) is 0 Å². The standard InChI is InChI=1S/C18H27NO3/c1-12-6-7-14(10-13(12)2)15-8-9-19(11-16(15)20)17(21)22-18(3,4)5/h6-7,10,15-16,20H,8-9,11H2,1-5H3/t15-,16-/m0/s1. The Morgan fingerprint density at radius 2 is 1.95 bits per heavy atom. The fraction of sp³-hybridized carbons (Fsp3) is 0.611. The van der Waals surface area contributed by atoms with Crippen molar-refractivity contribution in [3.63, 3.8) is 0 Å². The Morgan fingerprint density at radius 1 is 1.27 bits per heavy atom. The number of piperidine rings is 1. The number of aryl methyl sites for hydroxylation is 2. The van der Waals surface area contributed by atoms with Crippen LogP contribution in [0.25, 0.3) is 0 Å². The molecule has 4 nitrogen and oxygen atoms in total.